The van der Waals surface area contributed by atoms with Crippen LogP contribution in [0.4, 0.5) is 50.4 Å². The van der Waals surface area contributed by atoms with Gasteiger partial charge in [0.25, 0.3) is 0 Å². The molecule has 400 valence electrons. The number of hydrogen-bond acceptors (Lipinski definition) is 4. The van der Waals surface area contributed by atoms with Crippen molar-refractivity contribution >= 4 is 15.6 Å². The van der Waals surface area contributed by atoms with Crippen LogP contribution in [0.3, 0.4) is 0 Å². The normalized spacial score (nSPS) is 14.5. The Morgan fingerprint density at radius 2 is 0.653 bits per heavy atom. The number of hydrogen-bond donors (Lipinski definition) is 0. The van der Waals surface area contributed by atoms with Gasteiger partial charge in [-0.3, -0.25) is 0 Å². The Balaban J connectivity index is 0.000000602. The molecule has 1 aliphatic carbocycles. The fourth-order valence-electron chi connectivity index (χ4n) is 8.18. The summed E-state index contributed by atoms with van der Waals surface area (Å²) < 4.78 is 154. The Morgan fingerprint density at radius 1 is 0.417 bits per heavy atom. The third-order valence-electron chi connectivity index (χ3n) is 10.7. The molecule has 6 aromatic rings. The summed E-state index contributed by atoms with van der Waals surface area (Å²) in [6.45, 7) is 12.8. The molecule has 0 unspecified atom stereocenters. The van der Waals surface area contributed by atoms with Crippen molar-refractivity contribution in [2.45, 2.75) is 92.2 Å². The number of aromatic nitrogens is 4. The van der Waals surface area contributed by atoms with E-state index in [0.29, 0.717) is 52.1 Å². The number of nitrogens with zero attached hydrogens (tertiary/aromatic N) is 4. The number of halogens is 12. The maximum atomic E-state index is 9.87. The van der Waals surface area contributed by atoms with Gasteiger partial charge in [0, 0.05) is 25.7 Å². The summed E-state index contributed by atoms with van der Waals surface area (Å²) >= 11 is 0. The maximum absolute atomic E-state index is 10.7. The minimum absolute atomic E-state index is 0.642. The van der Waals surface area contributed by atoms with E-state index in [0.717, 1.165) is 84.0 Å². The Hall–Kier alpha value is -5.48. The van der Waals surface area contributed by atoms with Crippen molar-refractivity contribution in [3.63, 3.8) is 0 Å². The topological polar surface area (TPSA) is 54.5 Å². The van der Waals surface area contributed by atoms with E-state index in [1.807, 2.05) is 0 Å². The first-order valence-corrected chi connectivity index (χ1v) is 27.5. The standard InChI is InChI=1S/C50H62N4O4.2F6P/c1-7-21-55-47-39-13-11-14-40(47)30-44-26-38(34-54-20-18-52(6)36-54)28-46(50(44)58-24-10-4)32-42-16-12-15-41(48(42)56-22-8-2)31-45-27-37(33-53-19-17-51(5)35-53)25-43(29-39)49(45)57-23-9-3;2*1-7(2,3,4,5)6/h11-20,25-28,35-36H,7-10,21-24,29-34H2,1-6H3;;/q+2;2*-1. The molecule has 2 aromatic heterocycles. The third-order valence-corrected chi connectivity index (χ3v) is 10.7. The third kappa shape index (κ3) is 20.6. The molecular formula is C50H62F12N4O4P2. The van der Waals surface area contributed by atoms with Gasteiger partial charge < -0.3 is 18.9 Å². The van der Waals surface area contributed by atoms with Crippen LogP contribution in [0.1, 0.15) is 109 Å². The molecular weight excluding hydrogens is 1010 g/mol. The fraction of sp³-hybridized carbons (Fsp3) is 0.400. The number of benzene rings is 4. The second-order valence-electron chi connectivity index (χ2n) is 17.8. The molecule has 0 atom stereocenters. The molecule has 0 radical (unpaired) electrons. The van der Waals surface area contributed by atoms with Crippen LogP contribution in [0.2, 0.25) is 0 Å². The summed E-state index contributed by atoms with van der Waals surface area (Å²) in [5.74, 6) is 3.87. The van der Waals surface area contributed by atoms with Crippen molar-refractivity contribution < 1.29 is 78.4 Å². The second-order valence-corrected chi connectivity index (χ2v) is 21.7. The van der Waals surface area contributed by atoms with Crippen molar-refractivity contribution in [1.29, 1.82) is 0 Å². The monoisotopic (exact) mass is 1070 g/mol. The average Bonchev–Trinajstić information content (AvgIpc) is 3.85. The summed E-state index contributed by atoms with van der Waals surface area (Å²) in [6.07, 6.45) is 19.1. The van der Waals surface area contributed by atoms with Crippen LogP contribution in [-0.2, 0) is 52.9 Å². The Kier molecular flexibility index (Phi) is 17.2. The van der Waals surface area contributed by atoms with E-state index in [2.05, 4.69) is 158 Å². The minimum atomic E-state index is -10.7. The van der Waals surface area contributed by atoms with E-state index in [-0.39, 0.29) is 0 Å². The molecule has 7 rings (SSSR count). The predicted octanol–water partition coefficient (Wildman–Crippen LogP) is 15.6. The average molecular weight is 1070 g/mol. The molecule has 0 amide bonds. The van der Waals surface area contributed by atoms with Crippen LogP contribution < -0.4 is 28.1 Å². The van der Waals surface area contributed by atoms with Crippen LogP contribution in [0.25, 0.3) is 0 Å². The molecule has 4 aromatic carbocycles. The summed E-state index contributed by atoms with van der Waals surface area (Å²) in [6, 6.07) is 22.8. The molecule has 0 fully saturated rings. The quantitative estimate of drug-likeness (QED) is 0.0550. The van der Waals surface area contributed by atoms with Crippen molar-refractivity contribution in [2.75, 3.05) is 26.4 Å². The number of rotatable bonds is 16. The van der Waals surface area contributed by atoms with Crippen LogP contribution >= 0.6 is 15.6 Å². The summed E-state index contributed by atoms with van der Waals surface area (Å²) in [5, 5.41) is 0. The van der Waals surface area contributed by atoms with E-state index < -0.39 is 15.6 Å². The van der Waals surface area contributed by atoms with Gasteiger partial charge in [-0.2, -0.15) is 0 Å². The molecule has 22 heteroatoms. The van der Waals surface area contributed by atoms with Gasteiger partial charge in [0.2, 0.25) is 12.7 Å². The van der Waals surface area contributed by atoms with Gasteiger partial charge >= 0.3 is 66.0 Å². The molecule has 0 saturated carbocycles. The molecule has 72 heavy (non-hydrogen) atoms. The molecule has 8 bridgehead atoms. The fourth-order valence-corrected chi connectivity index (χ4v) is 8.18. The van der Waals surface area contributed by atoms with Crippen LogP contribution in [-0.4, -0.2) is 35.6 Å². The molecule has 0 aliphatic heterocycles. The van der Waals surface area contributed by atoms with Crippen LogP contribution in [0.15, 0.2) is 98.1 Å². The molecule has 2 heterocycles. The van der Waals surface area contributed by atoms with E-state index in [4.69, 9.17) is 18.9 Å². The van der Waals surface area contributed by atoms with Crippen molar-refractivity contribution in [1.82, 2.24) is 9.13 Å². The van der Waals surface area contributed by atoms with Crippen molar-refractivity contribution in [2.24, 2.45) is 14.1 Å². The molecule has 8 nitrogen and oxygen atoms in total. The van der Waals surface area contributed by atoms with Crippen molar-refractivity contribution in [3.8, 4) is 23.0 Å². The summed E-state index contributed by atoms with van der Waals surface area (Å²) in [5.41, 5.74) is 11.8. The van der Waals surface area contributed by atoms with Gasteiger partial charge in [-0.25, -0.2) is 18.3 Å². The SMILES string of the molecule is CCCOc1c2cccc1Cc1cc(Cn3cc[n+](C)c3)cc(c1OCCC)Cc1cccc(c1OCCC)Cc1cc(Cn3cc[n+](C)c3)cc(c1OCCC)C2.F[P-](F)(F)(F)(F)F.F[P-](F)(F)(F)(F)F. The molecule has 0 spiro atoms. The van der Waals surface area contributed by atoms with Crippen molar-refractivity contribution in [3.05, 3.63) is 154 Å². The van der Waals surface area contributed by atoms with Crippen LogP contribution in [0.5, 0.6) is 23.0 Å². The summed E-state index contributed by atoms with van der Waals surface area (Å²) in [7, 11) is -17.2. The number of fused-ring (bicyclic) bond motifs is 8. The van der Waals surface area contributed by atoms with E-state index >= 15 is 0 Å². The van der Waals surface area contributed by atoms with Crippen LogP contribution in [0, 0.1) is 0 Å². The van der Waals surface area contributed by atoms with Gasteiger partial charge in [-0.15, -0.1) is 0 Å². The first kappa shape index (κ1) is 57.4. The molecule has 0 saturated heterocycles. The number of imidazole rings is 2. The Bertz CT molecular complexity index is 2500. The number of aryl methyl sites for hydroxylation is 2. The first-order valence-electron chi connectivity index (χ1n) is 23.4. The van der Waals surface area contributed by atoms with Gasteiger partial charge in [0.15, 0.2) is 0 Å². The number of para-hydroxylation sites is 2. The Labute approximate surface area is 411 Å². The Morgan fingerprint density at radius 3 is 0.861 bits per heavy atom. The predicted molar refractivity (Wildman–Crippen MR) is 257 cm³/mol. The van der Waals surface area contributed by atoms with Gasteiger partial charge in [-0.05, 0) is 106 Å². The van der Waals surface area contributed by atoms with Gasteiger partial charge in [0.05, 0.1) is 40.5 Å². The van der Waals surface area contributed by atoms with E-state index in [1.165, 1.54) is 33.4 Å². The van der Waals surface area contributed by atoms with E-state index in [1.54, 1.807) is 0 Å². The molecule has 1 aliphatic rings. The van der Waals surface area contributed by atoms with Gasteiger partial charge in [0.1, 0.15) is 60.9 Å². The number of ether oxygens (including phenoxy) is 4. The zero-order valence-corrected chi connectivity index (χ0v) is 42.8. The second kappa shape index (κ2) is 21.5. The molecule has 0 N–H and O–H groups in total. The zero-order valence-electron chi connectivity index (χ0n) is 41.0. The van der Waals surface area contributed by atoms with E-state index in [9.17, 15) is 50.4 Å². The van der Waals surface area contributed by atoms with Gasteiger partial charge in [-0.1, -0.05) is 64.1 Å². The summed E-state index contributed by atoms with van der Waals surface area (Å²) in [4.78, 5) is 0. The zero-order chi connectivity index (χ0) is 53.3. The first-order chi connectivity index (χ1) is 33.2.